The summed E-state index contributed by atoms with van der Waals surface area (Å²) in [7, 11) is 0. The molecule has 0 saturated heterocycles. The van der Waals surface area contributed by atoms with Crippen LogP contribution in [-0.4, -0.2) is 24.2 Å². The fourth-order valence-electron chi connectivity index (χ4n) is 2.52. The van der Waals surface area contributed by atoms with Crippen LogP contribution in [0.15, 0.2) is 29.8 Å². The van der Waals surface area contributed by atoms with Gasteiger partial charge < -0.3 is 10.0 Å². The van der Waals surface area contributed by atoms with Gasteiger partial charge in [-0.25, -0.2) is 4.79 Å². The summed E-state index contributed by atoms with van der Waals surface area (Å²) in [6.45, 7) is 5.75. The van der Waals surface area contributed by atoms with Gasteiger partial charge in [-0.15, -0.1) is 0 Å². The molecule has 0 aliphatic carbocycles. The van der Waals surface area contributed by atoms with Crippen LogP contribution in [0.3, 0.4) is 0 Å². The van der Waals surface area contributed by atoms with E-state index in [9.17, 15) is 4.79 Å². The van der Waals surface area contributed by atoms with E-state index in [1.165, 1.54) is 16.8 Å². The first-order valence-electron chi connectivity index (χ1n) is 6.39. The van der Waals surface area contributed by atoms with Gasteiger partial charge in [-0.2, -0.15) is 0 Å². The highest BCUT2D eigenvalue weighted by atomic mass is 16.4. The highest BCUT2D eigenvalue weighted by Crippen LogP contribution is 2.28. The van der Waals surface area contributed by atoms with Crippen LogP contribution >= 0.6 is 0 Å². The van der Waals surface area contributed by atoms with Gasteiger partial charge in [-0.05, 0) is 30.9 Å². The van der Waals surface area contributed by atoms with Crippen molar-refractivity contribution in [3.05, 3.63) is 41.0 Å². The SMILES string of the molecule is CCc1cccc(C)c1N1CC=C(C(=O)O)CC1. The number of benzene rings is 1. The Kier molecular flexibility index (Phi) is 3.70. The summed E-state index contributed by atoms with van der Waals surface area (Å²) in [6, 6.07) is 6.35. The summed E-state index contributed by atoms with van der Waals surface area (Å²) in [4.78, 5) is 13.2. The number of para-hydroxylation sites is 1. The Morgan fingerprint density at radius 3 is 2.78 bits per heavy atom. The van der Waals surface area contributed by atoms with E-state index in [0.717, 1.165) is 13.0 Å². The van der Waals surface area contributed by atoms with Gasteiger partial charge in [0, 0.05) is 24.4 Å². The zero-order chi connectivity index (χ0) is 13.1. The molecule has 1 aromatic rings. The van der Waals surface area contributed by atoms with Crippen molar-refractivity contribution >= 4 is 11.7 Å². The number of hydrogen-bond acceptors (Lipinski definition) is 2. The molecule has 0 atom stereocenters. The average molecular weight is 245 g/mol. The Morgan fingerprint density at radius 1 is 1.44 bits per heavy atom. The maximum Gasteiger partial charge on any atom is 0.331 e. The van der Waals surface area contributed by atoms with E-state index < -0.39 is 5.97 Å². The van der Waals surface area contributed by atoms with Crippen LogP contribution in [0.25, 0.3) is 0 Å². The summed E-state index contributed by atoms with van der Waals surface area (Å²) in [5.41, 5.74) is 4.42. The number of aryl methyl sites for hydroxylation is 2. The van der Waals surface area contributed by atoms with Crippen molar-refractivity contribution in [1.82, 2.24) is 0 Å². The molecule has 2 rings (SSSR count). The fraction of sp³-hybridized carbons (Fsp3) is 0.400. The van der Waals surface area contributed by atoms with Gasteiger partial charge in [0.15, 0.2) is 0 Å². The lowest BCUT2D eigenvalue weighted by Gasteiger charge is -2.30. The zero-order valence-corrected chi connectivity index (χ0v) is 10.9. The fourth-order valence-corrected chi connectivity index (χ4v) is 2.52. The molecule has 0 unspecified atom stereocenters. The predicted octanol–water partition coefficient (Wildman–Crippen LogP) is 2.78. The summed E-state index contributed by atoms with van der Waals surface area (Å²) in [5.74, 6) is -0.782. The molecule has 1 heterocycles. The maximum atomic E-state index is 10.9. The number of anilines is 1. The molecule has 3 heteroatoms. The van der Waals surface area contributed by atoms with E-state index in [1.54, 1.807) is 0 Å². The molecule has 0 saturated carbocycles. The molecule has 0 radical (unpaired) electrons. The Labute approximate surface area is 108 Å². The van der Waals surface area contributed by atoms with Crippen molar-refractivity contribution in [1.29, 1.82) is 0 Å². The van der Waals surface area contributed by atoms with Gasteiger partial charge in [0.2, 0.25) is 0 Å². The van der Waals surface area contributed by atoms with Gasteiger partial charge in [0.1, 0.15) is 0 Å². The van der Waals surface area contributed by atoms with E-state index in [4.69, 9.17) is 5.11 Å². The minimum Gasteiger partial charge on any atom is -0.478 e. The summed E-state index contributed by atoms with van der Waals surface area (Å²) in [5, 5.41) is 8.96. The Morgan fingerprint density at radius 2 is 2.22 bits per heavy atom. The minimum atomic E-state index is -0.782. The number of carbonyl (C=O) groups is 1. The normalized spacial score (nSPS) is 15.4. The van der Waals surface area contributed by atoms with Crippen LogP contribution < -0.4 is 4.90 Å². The highest BCUT2D eigenvalue weighted by molar-refractivity contribution is 5.87. The lowest BCUT2D eigenvalue weighted by Crippen LogP contribution is -2.31. The Hall–Kier alpha value is -1.77. The van der Waals surface area contributed by atoms with E-state index in [1.807, 2.05) is 6.08 Å². The summed E-state index contributed by atoms with van der Waals surface area (Å²) < 4.78 is 0. The van der Waals surface area contributed by atoms with Crippen LogP contribution in [-0.2, 0) is 11.2 Å². The van der Waals surface area contributed by atoms with Crippen molar-refractivity contribution in [3.63, 3.8) is 0 Å². The number of aliphatic carboxylic acids is 1. The van der Waals surface area contributed by atoms with E-state index in [0.29, 0.717) is 18.5 Å². The topological polar surface area (TPSA) is 40.5 Å². The van der Waals surface area contributed by atoms with Crippen molar-refractivity contribution in [2.75, 3.05) is 18.0 Å². The minimum absolute atomic E-state index is 0.540. The first kappa shape index (κ1) is 12.7. The van der Waals surface area contributed by atoms with Crippen LogP contribution in [0.1, 0.15) is 24.5 Å². The van der Waals surface area contributed by atoms with E-state index >= 15 is 0 Å². The third-order valence-electron chi connectivity index (χ3n) is 3.50. The van der Waals surface area contributed by atoms with E-state index in [-0.39, 0.29) is 0 Å². The van der Waals surface area contributed by atoms with Crippen molar-refractivity contribution in [2.45, 2.75) is 26.7 Å². The lowest BCUT2D eigenvalue weighted by molar-refractivity contribution is -0.132. The smallest absolute Gasteiger partial charge is 0.331 e. The molecule has 96 valence electrons. The molecule has 1 aromatic carbocycles. The van der Waals surface area contributed by atoms with Crippen LogP contribution in [0.4, 0.5) is 5.69 Å². The largest absolute Gasteiger partial charge is 0.478 e. The number of rotatable bonds is 3. The molecule has 0 spiro atoms. The van der Waals surface area contributed by atoms with Gasteiger partial charge in [-0.1, -0.05) is 31.2 Å². The average Bonchev–Trinajstić information content (AvgIpc) is 2.38. The molecule has 1 aliphatic rings. The molecule has 1 N–H and O–H groups in total. The third kappa shape index (κ3) is 2.40. The second-order valence-electron chi connectivity index (χ2n) is 4.67. The maximum absolute atomic E-state index is 10.9. The lowest BCUT2D eigenvalue weighted by atomic mass is 10.0. The Bertz CT molecular complexity index is 491. The Balaban J connectivity index is 2.27. The molecule has 0 fully saturated rings. The van der Waals surface area contributed by atoms with Crippen LogP contribution in [0.2, 0.25) is 0 Å². The quantitative estimate of drug-likeness (QED) is 0.890. The van der Waals surface area contributed by atoms with E-state index in [2.05, 4.69) is 36.9 Å². The molecular weight excluding hydrogens is 226 g/mol. The standard InChI is InChI=1S/C15H19NO2/c1-3-12-6-4-5-11(2)14(12)16-9-7-13(8-10-16)15(17)18/h4-7H,3,8-10H2,1-2H3,(H,17,18). The predicted molar refractivity (Wildman–Crippen MR) is 73.1 cm³/mol. The van der Waals surface area contributed by atoms with Gasteiger partial charge in [-0.3, -0.25) is 0 Å². The first-order valence-corrected chi connectivity index (χ1v) is 6.39. The monoisotopic (exact) mass is 245 g/mol. The molecule has 18 heavy (non-hydrogen) atoms. The van der Waals surface area contributed by atoms with Crippen LogP contribution in [0, 0.1) is 6.92 Å². The third-order valence-corrected chi connectivity index (χ3v) is 3.50. The van der Waals surface area contributed by atoms with Gasteiger partial charge >= 0.3 is 5.97 Å². The number of carboxylic acid groups (broad SMARTS) is 1. The number of nitrogens with zero attached hydrogens (tertiary/aromatic N) is 1. The van der Waals surface area contributed by atoms with Gasteiger partial charge in [0.25, 0.3) is 0 Å². The second kappa shape index (κ2) is 5.25. The molecule has 0 amide bonds. The zero-order valence-electron chi connectivity index (χ0n) is 10.9. The number of carboxylic acids is 1. The molecule has 1 aliphatic heterocycles. The molecule has 0 bridgehead atoms. The van der Waals surface area contributed by atoms with Crippen LogP contribution in [0.5, 0.6) is 0 Å². The molecular formula is C15H19NO2. The van der Waals surface area contributed by atoms with Gasteiger partial charge in [0.05, 0.1) is 0 Å². The number of hydrogen-bond donors (Lipinski definition) is 1. The first-order chi connectivity index (χ1) is 8.63. The molecule has 0 aromatic heterocycles. The van der Waals surface area contributed by atoms with Crippen molar-refractivity contribution < 1.29 is 9.90 Å². The van der Waals surface area contributed by atoms with Crippen molar-refractivity contribution in [3.8, 4) is 0 Å². The second-order valence-corrected chi connectivity index (χ2v) is 4.67. The summed E-state index contributed by atoms with van der Waals surface area (Å²) >= 11 is 0. The molecule has 3 nitrogen and oxygen atoms in total. The summed E-state index contributed by atoms with van der Waals surface area (Å²) in [6.07, 6.45) is 3.45. The van der Waals surface area contributed by atoms with Crippen molar-refractivity contribution in [2.24, 2.45) is 0 Å². The highest BCUT2D eigenvalue weighted by Gasteiger charge is 2.19.